The van der Waals surface area contributed by atoms with E-state index < -0.39 is 40.1 Å². The first kappa shape index (κ1) is 25.8. The van der Waals surface area contributed by atoms with Crippen LogP contribution in [0.5, 0.6) is 0 Å². The third kappa shape index (κ3) is 5.31. The molecular formula is C24H31N3O6S. The molecule has 1 aromatic carbocycles. The SMILES string of the molecule is CC(=O)c1ccc(S(=O)(=O)N2CCCCC2C(=O)OCC(=O)N(C)C2(C#N)CCCCC2)cc1. The molecule has 2 aliphatic rings. The van der Waals surface area contributed by atoms with E-state index in [-0.39, 0.29) is 23.6 Å². The second-order valence-electron chi connectivity index (χ2n) is 8.97. The number of carbonyl (C=O) groups excluding carboxylic acids is 3. The van der Waals surface area contributed by atoms with E-state index in [0.717, 1.165) is 23.6 Å². The van der Waals surface area contributed by atoms with Gasteiger partial charge in [-0.1, -0.05) is 31.4 Å². The van der Waals surface area contributed by atoms with Crippen molar-refractivity contribution in [2.75, 3.05) is 20.2 Å². The normalized spacial score (nSPS) is 20.7. The number of benzene rings is 1. The molecule has 1 atom stereocenters. The third-order valence-electron chi connectivity index (χ3n) is 6.84. The molecule has 1 aliphatic heterocycles. The van der Waals surface area contributed by atoms with E-state index in [1.54, 1.807) is 7.05 Å². The predicted octanol–water partition coefficient (Wildman–Crippen LogP) is 2.66. The standard InChI is InChI=1S/C24H31N3O6S/c1-18(28)19-9-11-20(12-10-19)34(31,32)27-15-7-4-8-21(27)23(30)33-16-22(29)26(2)24(17-25)13-5-3-6-14-24/h9-12,21H,3-8,13-16H2,1-2H3. The largest absolute Gasteiger partial charge is 0.454 e. The molecule has 1 saturated carbocycles. The highest BCUT2D eigenvalue weighted by Crippen LogP contribution is 2.32. The number of hydrogen-bond donors (Lipinski definition) is 0. The van der Waals surface area contributed by atoms with Crippen LogP contribution in [0.4, 0.5) is 0 Å². The summed E-state index contributed by atoms with van der Waals surface area (Å²) in [7, 11) is -2.45. The van der Waals surface area contributed by atoms with Crippen LogP contribution in [-0.4, -0.2) is 67.1 Å². The minimum absolute atomic E-state index is 0.0127. The summed E-state index contributed by atoms with van der Waals surface area (Å²) in [6.45, 7) is 1.00. The van der Waals surface area contributed by atoms with Gasteiger partial charge in [0.05, 0.1) is 11.0 Å². The number of carbonyl (C=O) groups is 3. The predicted molar refractivity (Wildman–Crippen MR) is 123 cm³/mol. The number of nitriles is 1. The van der Waals surface area contributed by atoms with Gasteiger partial charge in [0.2, 0.25) is 10.0 Å². The molecule has 184 valence electrons. The molecule has 1 heterocycles. The first-order valence-electron chi connectivity index (χ1n) is 11.6. The van der Waals surface area contributed by atoms with Gasteiger partial charge in [-0.15, -0.1) is 0 Å². The zero-order chi connectivity index (χ0) is 24.9. The summed E-state index contributed by atoms with van der Waals surface area (Å²) >= 11 is 0. The summed E-state index contributed by atoms with van der Waals surface area (Å²) in [5, 5.41) is 9.68. The minimum Gasteiger partial charge on any atom is -0.454 e. The molecule has 10 heteroatoms. The molecule has 9 nitrogen and oxygen atoms in total. The van der Waals surface area contributed by atoms with E-state index >= 15 is 0 Å². The summed E-state index contributed by atoms with van der Waals surface area (Å²) in [6, 6.07) is 6.82. The number of ether oxygens (including phenoxy) is 1. The lowest BCUT2D eigenvalue weighted by atomic mass is 9.81. The van der Waals surface area contributed by atoms with Crippen molar-refractivity contribution in [2.24, 2.45) is 0 Å². The van der Waals surface area contributed by atoms with E-state index in [4.69, 9.17) is 4.74 Å². The molecule has 1 aromatic rings. The molecule has 0 bridgehead atoms. The number of amides is 1. The van der Waals surface area contributed by atoms with Crippen molar-refractivity contribution in [3.05, 3.63) is 29.8 Å². The fourth-order valence-corrected chi connectivity index (χ4v) is 6.30. The summed E-state index contributed by atoms with van der Waals surface area (Å²) in [6.07, 6.45) is 5.43. The molecule has 3 rings (SSSR count). The van der Waals surface area contributed by atoms with Gasteiger partial charge in [-0.25, -0.2) is 8.42 Å². The van der Waals surface area contributed by atoms with Gasteiger partial charge in [0.1, 0.15) is 11.6 Å². The highest BCUT2D eigenvalue weighted by molar-refractivity contribution is 7.89. The molecule has 1 saturated heterocycles. The summed E-state index contributed by atoms with van der Waals surface area (Å²) in [4.78, 5) is 38.4. The first-order chi connectivity index (χ1) is 16.1. The topological polar surface area (TPSA) is 125 Å². The molecule has 0 aromatic heterocycles. The average molecular weight is 490 g/mol. The fourth-order valence-electron chi connectivity index (χ4n) is 4.65. The Morgan fingerprint density at radius 1 is 1.12 bits per heavy atom. The van der Waals surface area contributed by atoms with Crippen molar-refractivity contribution in [3.63, 3.8) is 0 Å². The fraction of sp³-hybridized carbons (Fsp3) is 0.583. The second-order valence-corrected chi connectivity index (χ2v) is 10.9. The molecule has 2 fully saturated rings. The number of nitrogens with zero attached hydrogens (tertiary/aromatic N) is 3. The van der Waals surface area contributed by atoms with Crippen LogP contribution >= 0.6 is 0 Å². The Kier molecular flexibility index (Phi) is 8.10. The van der Waals surface area contributed by atoms with Gasteiger partial charge in [-0.3, -0.25) is 14.4 Å². The Morgan fingerprint density at radius 3 is 2.35 bits per heavy atom. The highest BCUT2D eigenvalue weighted by Gasteiger charge is 2.41. The minimum atomic E-state index is -4.00. The Labute approximate surface area is 200 Å². The summed E-state index contributed by atoms with van der Waals surface area (Å²) < 4.78 is 32.9. The van der Waals surface area contributed by atoms with Crippen molar-refractivity contribution in [1.29, 1.82) is 5.26 Å². The molecule has 1 aliphatic carbocycles. The van der Waals surface area contributed by atoms with Crippen molar-refractivity contribution in [3.8, 4) is 6.07 Å². The average Bonchev–Trinajstić information content (AvgIpc) is 2.87. The summed E-state index contributed by atoms with van der Waals surface area (Å²) in [5.74, 6) is -1.44. The number of Topliss-reactive ketones (excluding diaryl/α,β-unsaturated/α-hetero) is 1. The van der Waals surface area contributed by atoms with Gasteiger partial charge < -0.3 is 9.64 Å². The van der Waals surface area contributed by atoms with Crippen LogP contribution in [0.2, 0.25) is 0 Å². The maximum Gasteiger partial charge on any atom is 0.324 e. The number of piperidine rings is 1. The number of sulfonamides is 1. The van der Waals surface area contributed by atoms with E-state index in [1.165, 1.54) is 36.1 Å². The maximum absolute atomic E-state index is 13.2. The smallest absolute Gasteiger partial charge is 0.324 e. The maximum atomic E-state index is 13.2. The van der Waals surface area contributed by atoms with Crippen LogP contribution in [0.15, 0.2) is 29.2 Å². The lowest BCUT2D eigenvalue weighted by Crippen LogP contribution is -2.52. The van der Waals surface area contributed by atoms with E-state index in [9.17, 15) is 28.1 Å². The third-order valence-corrected chi connectivity index (χ3v) is 8.76. The number of hydrogen-bond acceptors (Lipinski definition) is 7. The van der Waals surface area contributed by atoms with Crippen molar-refractivity contribution < 1.29 is 27.5 Å². The first-order valence-corrected chi connectivity index (χ1v) is 13.0. The van der Waals surface area contributed by atoms with Crippen LogP contribution < -0.4 is 0 Å². The number of esters is 1. The van der Waals surface area contributed by atoms with Crippen LogP contribution in [0.1, 0.15) is 68.6 Å². The Balaban J connectivity index is 1.70. The molecule has 1 unspecified atom stereocenters. The Bertz CT molecular complexity index is 1070. The van der Waals surface area contributed by atoms with Crippen LogP contribution in [0.3, 0.4) is 0 Å². The van der Waals surface area contributed by atoms with Crippen LogP contribution in [0, 0.1) is 11.3 Å². The van der Waals surface area contributed by atoms with E-state index in [1.807, 2.05) is 0 Å². The molecular weight excluding hydrogens is 458 g/mol. The van der Waals surface area contributed by atoms with Crippen LogP contribution in [0.25, 0.3) is 0 Å². The highest BCUT2D eigenvalue weighted by atomic mass is 32.2. The molecule has 0 radical (unpaired) electrons. The number of likely N-dealkylation sites (N-methyl/N-ethyl adjacent to an activating group) is 1. The number of ketones is 1. The quantitative estimate of drug-likeness (QED) is 0.426. The lowest BCUT2D eigenvalue weighted by Gasteiger charge is -2.39. The Morgan fingerprint density at radius 2 is 1.76 bits per heavy atom. The van der Waals surface area contributed by atoms with Crippen molar-refractivity contribution in [2.45, 2.75) is 74.8 Å². The van der Waals surface area contributed by atoms with E-state index in [2.05, 4.69) is 6.07 Å². The van der Waals surface area contributed by atoms with Gasteiger partial charge >= 0.3 is 5.97 Å². The van der Waals surface area contributed by atoms with Crippen LogP contribution in [-0.2, 0) is 24.3 Å². The Hall–Kier alpha value is -2.77. The van der Waals surface area contributed by atoms with Crippen molar-refractivity contribution in [1.82, 2.24) is 9.21 Å². The monoisotopic (exact) mass is 489 g/mol. The molecule has 0 N–H and O–H groups in total. The van der Waals surface area contributed by atoms with Crippen molar-refractivity contribution >= 4 is 27.7 Å². The molecule has 0 spiro atoms. The lowest BCUT2D eigenvalue weighted by molar-refractivity contribution is -0.157. The molecule has 1 amide bonds. The zero-order valence-corrected chi connectivity index (χ0v) is 20.5. The second kappa shape index (κ2) is 10.7. The zero-order valence-electron chi connectivity index (χ0n) is 19.7. The van der Waals surface area contributed by atoms with E-state index in [0.29, 0.717) is 31.2 Å². The van der Waals surface area contributed by atoms with Gasteiger partial charge in [0.25, 0.3) is 5.91 Å². The summed E-state index contributed by atoms with van der Waals surface area (Å²) in [5.41, 5.74) is -0.502. The molecule has 34 heavy (non-hydrogen) atoms. The van der Waals surface area contributed by atoms with Gasteiger partial charge in [-0.2, -0.15) is 9.57 Å². The van der Waals surface area contributed by atoms with Gasteiger partial charge in [0, 0.05) is 19.2 Å². The van der Waals surface area contributed by atoms with Gasteiger partial charge in [0.15, 0.2) is 12.4 Å². The number of rotatable bonds is 7. The van der Waals surface area contributed by atoms with Gasteiger partial charge in [-0.05, 0) is 51.2 Å².